The normalized spacial score (nSPS) is 11.7. The van der Waals surface area contributed by atoms with Crippen molar-refractivity contribution in [3.05, 3.63) is 29.3 Å². The summed E-state index contributed by atoms with van der Waals surface area (Å²) in [6.07, 6.45) is 0. The smallest absolute Gasteiger partial charge is 0.0887 e. The van der Waals surface area contributed by atoms with Crippen LogP contribution in [0.25, 0.3) is 0 Å². The van der Waals surface area contributed by atoms with E-state index in [0.717, 1.165) is 0 Å². The molecule has 0 radical (unpaired) electrons. The van der Waals surface area contributed by atoms with Gasteiger partial charge in [-0.1, -0.05) is 44.4 Å². The van der Waals surface area contributed by atoms with Gasteiger partial charge in [0.15, 0.2) is 0 Å². The van der Waals surface area contributed by atoms with Crippen molar-refractivity contribution in [3.63, 3.8) is 0 Å². The van der Waals surface area contributed by atoms with Gasteiger partial charge in [0, 0.05) is 0 Å². The van der Waals surface area contributed by atoms with Crippen LogP contribution in [-0.4, -0.2) is 7.85 Å². The van der Waals surface area contributed by atoms with Crippen LogP contribution in [0.15, 0.2) is 18.2 Å². The highest BCUT2D eigenvalue weighted by Gasteiger charge is 2.15. The summed E-state index contributed by atoms with van der Waals surface area (Å²) >= 11 is 0. The SMILES string of the molecule is Bc1ccc(C)c(C(C)(C)C)c1. The minimum Gasteiger partial charge on any atom is -0.0887 e. The molecule has 1 aromatic rings. The summed E-state index contributed by atoms with van der Waals surface area (Å²) in [7, 11) is 2.15. The maximum atomic E-state index is 2.29. The van der Waals surface area contributed by atoms with E-state index in [2.05, 4.69) is 53.7 Å². The van der Waals surface area contributed by atoms with E-state index in [0.29, 0.717) is 0 Å². The van der Waals surface area contributed by atoms with Gasteiger partial charge in [0.25, 0.3) is 0 Å². The second-order valence-corrected chi connectivity index (χ2v) is 4.57. The number of benzene rings is 1. The molecule has 0 heterocycles. The lowest BCUT2D eigenvalue weighted by Crippen LogP contribution is -2.16. The van der Waals surface area contributed by atoms with Crippen molar-refractivity contribution in [1.82, 2.24) is 0 Å². The van der Waals surface area contributed by atoms with Crippen LogP contribution < -0.4 is 5.46 Å². The van der Waals surface area contributed by atoms with Gasteiger partial charge in [-0.3, -0.25) is 0 Å². The van der Waals surface area contributed by atoms with E-state index in [9.17, 15) is 0 Å². The fourth-order valence-electron chi connectivity index (χ4n) is 1.54. The molecule has 0 spiro atoms. The van der Waals surface area contributed by atoms with E-state index in [1.54, 1.807) is 0 Å². The molecule has 12 heavy (non-hydrogen) atoms. The van der Waals surface area contributed by atoms with Gasteiger partial charge in [0.05, 0.1) is 0 Å². The lowest BCUT2D eigenvalue weighted by Gasteiger charge is -2.22. The Hall–Kier alpha value is -0.715. The van der Waals surface area contributed by atoms with Crippen LogP contribution in [0.5, 0.6) is 0 Å². The second kappa shape index (κ2) is 2.97. The van der Waals surface area contributed by atoms with Gasteiger partial charge in [-0.2, -0.15) is 0 Å². The van der Waals surface area contributed by atoms with Crippen molar-refractivity contribution in [2.75, 3.05) is 0 Å². The van der Waals surface area contributed by atoms with Crippen molar-refractivity contribution < 1.29 is 0 Å². The molecule has 0 fully saturated rings. The zero-order valence-electron chi connectivity index (χ0n) is 8.73. The molecule has 0 aliphatic rings. The summed E-state index contributed by atoms with van der Waals surface area (Å²) in [5.74, 6) is 0. The standard InChI is InChI=1S/C11H17B/c1-8-5-6-9(12)7-10(8)11(2,3)4/h5-7H,12H2,1-4H3. The Kier molecular flexibility index (Phi) is 2.32. The minimum absolute atomic E-state index is 0.274. The third-order valence-corrected chi connectivity index (χ3v) is 2.20. The molecule has 0 atom stereocenters. The molecule has 0 nitrogen and oxygen atoms in total. The highest BCUT2D eigenvalue weighted by Crippen LogP contribution is 2.23. The van der Waals surface area contributed by atoms with Crippen LogP contribution in [0.3, 0.4) is 0 Å². The van der Waals surface area contributed by atoms with Crippen molar-refractivity contribution in [3.8, 4) is 0 Å². The molecule has 0 unspecified atom stereocenters. The van der Waals surface area contributed by atoms with E-state index in [1.807, 2.05) is 0 Å². The minimum atomic E-state index is 0.274. The molecule has 0 bridgehead atoms. The van der Waals surface area contributed by atoms with Gasteiger partial charge in [0.1, 0.15) is 7.85 Å². The average Bonchev–Trinajstić information content (AvgIpc) is 1.92. The Morgan fingerprint density at radius 3 is 2.17 bits per heavy atom. The second-order valence-electron chi connectivity index (χ2n) is 4.57. The molecule has 0 aliphatic heterocycles. The zero-order chi connectivity index (χ0) is 9.35. The number of aryl methyl sites for hydroxylation is 1. The number of rotatable bonds is 0. The summed E-state index contributed by atoms with van der Waals surface area (Å²) in [4.78, 5) is 0. The monoisotopic (exact) mass is 160 g/mol. The first kappa shape index (κ1) is 9.37. The summed E-state index contributed by atoms with van der Waals surface area (Å²) in [5.41, 5.74) is 4.48. The maximum Gasteiger partial charge on any atom is 0.139 e. The van der Waals surface area contributed by atoms with Crippen LogP contribution in [0, 0.1) is 6.92 Å². The molecule has 0 amide bonds. The zero-order valence-corrected chi connectivity index (χ0v) is 8.73. The molecule has 0 saturated heterocycles. The Balaban J connectivity index is 3.23. The van der Waals surface area contributed by atoms with Crippen LogP contribution >= 0.6 is 0 Å². The highest BCUT2D eigenvalue weighted by atomic mass is 14.2. The third kappa shape index (κ3) is 1.91. The van der Waals surface area contributed by atoms with Crippen LogP contribution in [0.2, 0.25) is 0 Å². The van der Waals surface area contributed by atoms with Crippen LogP contribution in [0.1, 0.15) is 31.9 Å². The van der Waals surface area contributed by atoms with Crippen molar-refractivity contribution in [1.29, 1.82) is 0 Å². The first-order chi connectivity index (χ1) is 5.41. The van der Waals surface area contributed by atoms with Gasteiger partial charge < -0.3 is 0 Å². The molecule has 0 aliphatic carbocycles. The van der Waals surface area contributed by atoms with Crippen molar-refractivity contribution in [2.24, 2.45) is 0 Å². The fourth-order valence-corrected chi connectivity index (χ4v) is 1.54. The summed E-state index contributed by atoms with van der Waals surface area (Å²) < 4.78 is 0. The van der Waals surface area contributed by atoms with E-state index >= 15 is 0 Å². The van der Waals surface area contributed by atoms with Crippen LogP contribution in [0.4, 0.5) is 0 Å². The van der Waals surface area contributed by atoms with E-state index in [-0.39, 0.29) is 5.41 Å². The number of hydrogen-bond donors (Lipinski definition) is 0. The average molecular weight is 160 g/mol. The predicted molar refractivity (Wildman–Crippen MR) is 58.1 cm³/mol. The molecule has 1 heteroatoms. The van der Waals surface area contributed by atoms with Gasteiger partial charge in [0.2, 0.25) is 0 Å². The van der Waals surface area contributed by atoms with Crippen molar-refractivity contribution in [2.45, 2.75) is 33.1 Å². The lowest BCUT2D eigenvalue weighted by atomic mass is 9.80. The molecule has 0 saturated carbocycles. The Bertz CT molecular complexity index is 282. The maximum absolute atomic E-state index is 2.29. The topological polar surface area (TPSA) is 0 Å². The van der Waals surface area contributed by atoms with Crippen LogP contribution in [-0.2, 0) is 5.41 Å². The molecule has 64 valence electrons. The third-order valence-electron chi connectivity index (χ3n) is 2.20. The largest absolute Gasteiger partial charge is 0.139 e. The van der Waals surface area contributed by atoms with E-state index in [4.69, 9.17) is 0 Å². The van der Waals surface area contributed by atoms with Gasteiger partial charge in [-0.15, -0.1) is 0 Å². The number of hydrogen-bond acceptors (Lipinski definition) is 0. The van der Waals surface area contributed by atoms with Gasteiger partial charge in [-0.25, -0.2) is 0 Å². The molecular formula is C11H17B. The summed E-state index contributed by atoms with van der Waals surface area (Å²) in [6.45, 7) is 8.96. The molecule has 0 aromatic heterocycles. The van der Waals surface area contributed by atoms with Crippen molar-refractivity contribution >= 4 is 13.3 Å². The Morgan fingerprint density at radius 2 is 1.75 bits per heavy atom. The summed E-state index contributed by atoms with van der Waals surface area (Å²) in [5, 5.41) is 0. The molecule has 0 N–H and O–H groups in total. The molecule has 1 aromatic carbocycles. The predicted octanol–water partition coefficient (Wildman–Crippen LogP) is 1.55. The van der Waals surface area contributed by atoms with Gasteiger partial charge >= 0.3 is 0 Å². The first-order valence-corrected chi connectivity index (χ1v) is 4.49. The molecular weight excluding hydrogens is 143 g/mol. The fraction of sp³-hybridized carbons (Fsp3) is 0.455. The van der Waals surface area contributed by atoms with E-state index in [1.165, 1.54) is 16.6 Å². The molecule has 1 rings (SSSR count). The lowest BCUT2D eigenvalue weighted by molar-refractivity contribution is 0.586. The quantitative estimate of drug-likeness (QED) is 0.505. The summed E-state index contributed by atoms with van der Waals surface area (Å²) in [6, 6.07) is 6.66. The Morgan fingerprint density at radius 1 is 1.17 bits per heavy atom. The van der Waals surface area contributed by atoms with Gasteiger partial charge in [-0.05, 0) is 23.5 Å². The first-order valence-electron chi connectivity index (χ1n) is 4.49. The van der Waals surface area contributed by atoms with E-state index < -0.39 is 0 Å². The highest BCUT2D eigenvalue weighted by molar-refractivity contribution is 6.32. The Labute approximate surface area is 76.4 Å².